The summed E-state index contributed by atoms with van der Waals surface area (Å²) in [7, 11) is 1.60. The lowest BCUT2D eigenvalue weighted by Gasteiger charge is -2.41. The van der Waals surface area contributed by atoms with Crippen molar-refractivity contribution in [2.24, 2.45) is 0 Å². The first kappa shape index (κ1) is 25.5. The summed E-state index contributed by atoms with van der Waals surface area (Å²) >= 11 is 1.82. The van der Waals surface area contributed by atoms with E-state index in [1.54, 1.807) is 13.2 Å². The fraction of sp³-hybridized carbons (Fsp3) is 0.400. The minimum absolute atomic E-state index is 0.0121. The van der Waals surface area contributed by atoms with Crippen molar-refractivity contribution in [3.8, 4) is 5.75 Å². The quantitative estimate of drug-likeness (QED) is 0.489. The number of amides is 2. The molecule has 2 aliphatic rings. The van der Waals surface area contributed by atoms with Crippen molar-refractivity contribution < 1.29 is 14.3 Å². The molecule has 3 heterocycles. The molecule has 0 saturated carbocycles. The van der Waals surface area contributed by atoms with Gasteiger partial charge >= 0.3 is 0 Å². The van der Waals surface area contributed by atoms with Crippen molar-refractivity contribution in [3.63, 3.8) is 0 Å². The van der Waals surface area contributed by atoms with Gasteiger partial charge in [0, 0.05) is 43.2 Å². The second-order valence-electron chi connectivity index (χ2n) is 9.93. The van der Waals surface area contributed by atoms with Gasteiger partial charge in [0.1, 0.15) is 5.75 Å². The van der Waals surface area contributed by atoms with E-state index in [1.807, 2.05) is 39.3 Å². The van der Waals surface area contributed by atoms with Gasteiger partial charge in [-0.1, -0.05) is 30.3 Å². The predicted octanol–water partition coefficient (Wildman–Crippen LogP) is 4.78. The number of hydrogen-bond donors (Lipinski definition) is 0. The fourth-order valence-electron chi connectivity index (χ4n) is 5.68. The summed E-state index contributed by atoms with van der Waals surface area (Å²) in [6.07, 6.45) is 1.74. The molecule has 2 aliphatic heterocycles. The molecule has 2 amide bonds. The highest BCUT2D eigenvalue weighted by atomic mass is 32.1. The van der Waals surface area contributed by atoms with Gasteiger partial charge in [-0.3, -0.25) is 14.5 Å². The summed E-state index contributed by atoms with van der Waals surface area (Å²) in [4.78, 5) is 34.6. The third kappa shape index (κ3) is 5.15. The lowest BCUT2D eigenvalue weighted by molar-refractivity contribution is -0.137. The van der Waals surface area contributed by atoms with Gasteiger partial charge in [-0.2, -0.15) is 0 Å². The third-order valence-electron chi connectivity index (χ3n) is 7.75. The van der Waals surface area contributed by atoms with Gasteiger partial charge in [-0.05, 0) is 73.0 Å². The number of methoxy groups -OCH3 is 1. The zero-order valence-electron chi connectivity index (χ0n) is 21.9. The van der Waals surface area contributed by atoms with E-state index in [0.717, 1.165) is 19.4 Å². The van der Waals surface area contributed by atoms with Gasteiger partial charge in [-0.25, -0.2) is 0 Å². The fourth-order valence-corrected chi connectivity index (χ4v) is 6.58. The largest absolute Gasteiger partial charge is 0.497 e. The van der Waals surface area contributed by atoms with Gasteiger partial charge in [0.15, 0.2) is 0 Å². The first-order chi connectivity index (χ1) is 18.0. The van der Waals surface area contributed by atoms with Crippen molar-refractivity contribution in [1.29, 1.82) is 0 Å². The highest BCUT2D eigenvalue weighted by molar-refractivity contribution is 7.10. The van der Waals surface area contributed by atoms with E-state index in [2.05, 4.69) is 54.5 Å². The number of aryl methyl sites for hydroxylation is 1. The minimum atomic E-state index is -0.252. The van der Waals surface area contributed by atoms with Crippen LogP contribution in [0.2, 0.25) is 0 Å². The molecule has 2 aromatic carbocycles. The van der Waals surface area contributed by atoms with E-state index in [-0.39, 0.29) is 23.9 Å². The van der Waals surface area contributed by atoms with E-state index < -0.39 is 0 Å². The maximum absolute atomic E-state index is 13.9. The Balaban J connectivity index is 1.31. The highest BCUT2D eigenvalue weighted by Crippen LogP contribution is 2.40. The molecule has 0 aliphatic carbocycles. The first-order valence-electron chi connectivity index (χ1n) is 13.1. The van der Waals surface area contributed by atoms with E-state index in [9.17, 15) is 9.59 Å². The van der Waals surface area contributed by atoms with Crippen LogP contribution in [0.5, 0.6) is 5.75 Å². The average molecular weight is 518 g/mol. The Morgan fingerprint density at radius 1 is 0.946 bits per heavy atom. The first-order valence-corrected chi connectivity index (χ1v) is 14.0. The second-order valence-corrected chi connectivity index (χ2v) is 10.9. The number of carbonyl (C=O) groups excluding carboxylic acids is 2. The molecule has 1 aromatic heterocycles. The van der Waals surface area contributed by atoms with Crippen molar-refractivity contribution in [3.05, 3.63) is 87.1 Å². The molecule has 0 spiro atoms. The van der Waals surface area contributed by atoms with Crippen LogP contribution >= 0.6 is 11.3 Å². The molecule has 0 radical (unpaired) electrons. The zero-order chi connectivity index (χ0) is 25.9. The average Bonchev–Trinajstić information content (AvgIpc) is 3.28. The SMILES string of the molecule is COc1cccc(C(=O)N2CCCN(C(=O)C(C)N3CCc4sccc4C3c3ccccc3C)CC2)c1. The molecule has 1 saturated heterocycles. The molecule has 6 nitrogen and oxygen atoms in total. The monoisotopic (exact) mass is 517 g/mol. The Morgan fingerprint density at radius 3 is 2.54 bits per heavy atom. The van der Waals surface area contributed by atoms with Crippen LogP contribution in [0.4, 0.5) is 0 Å². The van der Waals surface area contributed by atoms with Crippen molar-refractivity contribution in [1.82, 2.24) is 14.7 Å². The van der Waals surface area contributed by atoms with E-state index in [4.69, 9.17) is 4.74 Å². The molecule has 3 aromatic rings. The summed E-state index contributed by atoms with van der Waals surface area (Å²) in [6.45, 7) is 7.45. The van der Waals surface area contributed by atoms with Gasteiger partial charge in [-0.15, -0.1) is 11.3 Å². The Kier molecular flexibility index (Phi) is 7.63. The lowest BCUT2D eigenvalue weighted by atomic mass is 9.89. The number of nitrogens with zero attached hydrogens (tertiary/aromatic N) is 3. The normalized spacial score (nSPS) is 19.2. The molecule has 5 rings (SSSR count). The summed E-state index contributed by atoms with van der Waals surface area (Å²) in [5.74, 6) is 0.805. The molecule has 194 valence electrons. The van der Waals surface area contributed by atoms with Crippen LogP contribution in [0.1, 0.15) is 51.3 Å². The number of carbonyl (C=O) groups is 2. The smallest absolute Gasteiger partial charge is 0.254 e. The van der Waals surface area contributed by atoms with E-state index in [0.29, 0.717) is 37.5 Å². The topological polar surface area (TPSA) is 53.1 Å². The Hall–Kier alpha value is -3.16. The van der Waals surface area contributed by atoms with Gasteiger partial charge in [0.25, 0.3) is 5.91 Å². The van der Waals surface area contributed by atoms with Crippen molar-refractivity contribution in [2.75, 3.05) is 39.8 Å². The van der Waals surface area contributed by atoms with Gasteiger partial charge in [0.05, 0.1) is 19.2 Å². The number of rotatable bonds is 5. The van der Waals surface area contributed by atoms with Crippen molar-refractivity contribution >= 4 is 23.2 Å². The maximum atomic E-state index is 13.9. The molecule has 2 atom stereocenters. The zero-order valence-corrected chi connectivity index (χ0v) is 22.7. The molecule has 0 N–H and O–H groups in total. The molecule has 0 bridgehead atoms. The third-order valence-corrected chi connectivity index (χ3v) is 8.75. The molecule has 37 heavy (non-hydrogen) atoms. The second kappa shape index (κ2) is 11.1. The van der Waals surface area contributed by atoms with Crippen LogP contribution < -0.4 is 4.74 Å². The molecular formula is C30H35N3O3S. The van der Waals surface area contributed by atoms with Crippen LogP contribution in [0, 0.1) is 6.92 Å². The standard InChI is InChI=1S/C30H35N3O3S/c1-21-8-4-5-11-25(21)28-26-13-19-37-27(26)12-16-33(28)22(2)29(34)31-14-7-15-32(18-17-31)30(35)23-9-6-10-24(20-23)36-3/h4-6,8-11,13,19-20,22,28H,7,12,14-18H2,1-3H3. The Morgan fingerprint density at radius 2 is 1.73 bits per heavy atom. The maximum Gasteiger partial charge on any atom is 0.254 e. The van der Waals surface area contributed by atoms with Gasteiger partial charge < -0.3 is 14.5 Å². The van der Waals surface area contributed by atoms with Crippen LogP contribution in [0.25, 0.3) is 0 Å². The van der Waals surface area contributed by atoms with E-state index >= 15 is 0 Å². The lowest BCUT2D eigenvalue weighted by Crippen LogP contribution is -2.51. The number of benzene rings is 2. The molecule has 7 heteroatoms. The van der Waals surface area contributed by atoms with Crippen LogP contribution in [-0.2, 0) is 11.2 Å². The molecular weight excluding hydrogens is 482 g/mol. The summed E-state index contributed by atoms with van der Waals surface area (Å²) in [5, 5.41) is 2.18. The number of ether oxygens (including phenoxy) is 1. The number of hydrogen-bond acceptors (Lipinski definition) is 5. The number of fused-ring (bicyclic) bond motifs is 1. The minimum Gasteiger partial charge on any atom is -0.497 e. The highest BCUT2D eigenvalue weighted by Gasteiger charge is 2.37. The Bertz CT molecular complexity index is 1270. The predicted molar refractivity (Wildman–Crippen MR) is 147 cm³/mol. The summed E-state index contributed by atoms with van der Waals surface area (Å²) in [5.41, 5.74) is 4.47. The number of thiophene rings is 1. The van der Waals surface area contributed by atoms with Crippen LogP contribution in [0.3, 0.4) is 0 Å². The summed E-state index contributed by atoms with van der Waals surface area (Å²) < 4.78 is 5.29. The van der Waals surface area contributed by atoms with Crippen LogP contribution in [-0.4, -0.2) is 72.4 Å². The molecule has 1 fully saturated rings. The summed E-state index contributed by atoms with van der Waals surface area (Å²) in [6, 6.07) is 17.9. The van der Waals surface area contributed by atoms with Crippen molar-refractivity contribution in [2.45, 2.75) is 38.8 Å². The van der Waals surface area contributed by atoms with E-state index in [1.165, 1.54) is 21.6 Å². The van der Waals surface area contributed by atoms with Crippen LogP contribution in [0.15, 0.2) is 60.0 Å². The molecule has 2 unspecified atom stereocenters. The van der Waals surface area contributed by atoms with Gasteiger partial charge in [0.2, 0.25) is 5.91 Å². The Labute approximate surface area is 223 Å².